The lowest BCUT2D eigenvalue weighted by Crippen LogP contribution is -2.23. The van der Waals surface area contributed by atoms with E-state index < -0.39 is 0 Å². The van der Waals surface area contributed by atoms with Crippen molar-refractivity contribution >= 4 is 21.6 Å². The zero-order chi connectivity index (χ0) is 12.1. The second-order valence-electron chi connectivity index (χ2n) is 4.09. The summed E-state index contributed by atoms with van der Waals surface area (Å²) in [7, 11) is 0. The Hall–Kier alpha value is -1.01. The highest BCUT2D eigenvalue weighted by molar-refractivity contribution is 9.10. The van der Waals surface area contributed by atoms with Crippen LogP contribution < -0.4 is 5.32 Å². The van der Waals surface area contributed by atoms with E-state index in [1.54, 1.807) is 0 Å². The van der Waals surface area contributed by atoms with Crippen LogP contribution in [0.1, 0.15) is 32.8 Å². The van der Waals surface area contributed by atoms with E-state index in [-0.39, 0.29) is 0 Å². The van der Waals surface area contributed by atoms with E-state index in [1.807, 2.05) is 18.2 Å². The zero-order valence-electron chi connectivity index (χ0n) is 9.92. The van der Waals surface area contributed by atoms with Crippen LogP contribution >= 0.6 is 15.9 Å². The van der Waals surface area contributed by atoms with Gasteiger partial charge in [-0.25, -0.2) is 0 Å². The van der Waals surface area contributed by atoms with Crippen molar-refractivity contribution in [1.29, 1.82) is 5.26 Å². The first-order valence-electron chi connectivity index (χ1n) is 5.55. The molecule has 1 rings (SSSR count). The lowest BCUT2D eigenvalue weighted by molar-refractivity contribution is 0.494. The first-order valence-corrected chi connectivity index (χ1v) is 6.34. The second-order valence-corrected chi connectivity index (χ2v) is 4.95. The fourth-order valence-electron chi connectivity index (χ4n) is 1.50. The highest BCUT2D eigenvalue weighted by Crippen LogP contribution is 2.25. The molecule has 86 valence electrons. The maximum absolute atomic E-state index is 9.09. The molecule has 0 fully saturated rings. The molecule has 0 aliphatic heterocycles. The zero-order valence-corrected chi connectivity index (χ0v) is 11.5. The Kier molecular flexibility index (Phi) is 4.82. The van der Waals surface area contributed by atoms with Gasteiger partial charge in [0.25, 0.3) is 0 Å². The Labute approximate surface area is 106 Å². The van der Waals surface area contributed by atoms with Gasteiger partial charge in [-0.15, -0.1) is 0 Å². The molecule has 1 N–H and O–H groups in total. The van der Waals surface area contributed by atoms with Crippen LogP contribution in [-0.4, -0.2) is 6.04 Å². The average molecular weight is 281 g/mol. The Morgan fingerprint density at radius 3 is 2.69 bits per heavy atom. The molecule has 0 heterocycles. The van der Waals surface area contributed by atoms with Crippen LogP contribution in [0.5, 0.6) is 0 Å². The number of nitrogens with zero attached hydrogens (tertiary/aromatic N) is 1. The average Bonchev–Trinajstić information content (AvgIpc) is 2.28. The van der Waals surface area contributed by atoms with Crippen LogP contribution in [0.3, 0.4) is 0 Å². The van der Waals surface area contributed by atoms with E-state index >= 15 is 0 Å². The van der Waals surface area contributed by atoms with Gasteiger partial charge in [0.2, 0.25) is 0 Å². The molecule has 0 amide bonds. The third kappa shape index (κ3) is 2.99. The quantitative estimate of drug-likeness (QED) is 0.899. The van der Waals surface area contributed by atoms with E-state index in [0.717, 1.165) is 16.6 Å². The van der Waals surface area contributed by atoms with E-state index in [0.29, 0.717) is 17.5 Å². The van der Waals surface area contributed by atoms with E-state index in [9.17, 15) is 0 Å². The van der Waals surface area contributed by atoms with Gasteiger partial charge in [0, 0.05) is 10.5 Å². The molecule has 0 saturated heterocycles. The molecule has 0 radical (unpaired) electrons. The molecule has 1 aromatic carbocycles. The maximum Gasteiger partial charge on any atom is 0.103 e. The summed E-state index contributed by atoms with van der Waals surface area (Å²) in [6.07, 6.45) is 1.13. The summed E-state index contributed by atoms with van der Waals surface area (Å²) < 4.78 is 0.844. The summed E-state index contributed by atoms with van der Waals surface area (Å²) >= 11 is 3.39. The van der Waals surface area contributed by atoms with Gasteiger partial charge in [-0.1, -0.05) is 26.3 Å². The van der Waals surface area contributed by atoms with Crippen LogP contribution in [-0.2, 0) is 0 Å². The van der Waals surface area contributed by atoms with Crippen molar-refractivity contribution < 1.29 is 0 Å². The van der Waals surface area contributed by atoms with Gasteiger partial charge in [0.1, 0.15) is 6.07 Å². The first kappa shape index (κ1) is 13.1. The predicted octanol–water partition coefficient (Wildman–Crippen LogP) is 4.17. The monoisotopic (exact) mass is 280 g/mol. The fraction of sp³-hybridized carbons (Fsp3) is 0.462. The number of nitrogens with one attached hydrogen (secondary N) is 1. The summed E-state index contributed by atoms with van der Waals surface area (Å²) in [4.78, 5) is 0. The molecule has 3 heteroatoms. The number of nitriles is 1. The largest absolute Gasteiger partial charge is 0.381 e. The van der Waals surface area contributed by atoms with Crippen molar-refractivity contribution in [1.82, 2.24) is 0 Å². The van der Waals surface area contributed by atoms with Gasteiger partial charge in [-0.05, 0) is 40.9 Å². The number of hydrogen-bond acceptors (Lipinski definition) is 2. The molecule has 0 aliphatic carbocycles. The van der Waals surface area contributed by atoms with E-state index in [2.05, 4.69) is 48.1 Å². The van der Waals surface area contributed by atoms with Gasteiger partial charge < -0.3 is 5.32 Å². The van der Waals surface area contributed by atoms with Crippen molar-refractivity contribution in [2.45, 2.75) is 33.2 Å². The normalized spacial score (nSPS) is 13.9. The van der Waals surface area contributed by atoms with Crippen LogP contribution in [0.4, 0.5) is 5.69 Å². The minimum absolute atomic E-state index is 0.367. The second kappa shape index (κ2) is 5.91. The number of halogens is 1. The fourth-order valence-corrected chi connectivity index (χ4v) is 1.95. The molecule has 0 saturated carbocycles. The molecular formula is C13H17BrN2. The van der Waals surface area contributed by atoms with Gasteiger partial charge >= 0.3 is 0 Å². The van der Waals surface area contributed by atoms with Crippen molar-refractivity contribution in [2.24, 2.45) is 5.92 Å². The van der Waals surface area contributed by atoms with Gasteiger partial charge in [-0.3, -0.25) is 0 Å². The predicted molar refractivity (Wildman–Crippen MR) is 71.4 cm³/mol. The molecule has 0 bridgehead atoms. The molecule has 0 aromatic heterocycles. The summed E-state index contributed by atoms with van der Waals surface area (Å²) in [6.45, 7) is 6.53. The minimum Gasteiger partial charge on any atom is -0.381 e. The topological polar surface area (TPSA) is 35.8 Å². The van der Waals surface area contributed by atoms with Crippen molar-refractivity contribution in [3.8, 4) is 6.07 Å². The molecule has 2 unspecified atom stereocenters. The highest BCUT2D eigenvalue weighted by atomic mass is 79.9. The lowest BCUT2D eigenvalue weighted by atomic mass is 10.0. The van der Waals surface area contributed by atoms with Crippen LogP contribution in [0, 0.1) is 17.2 Å². The van der Waals surface area contributed by atoms with Crippen molar-refractivity contribution in [3.05, 3.63) is 28.2 Å². The lowest BCUT2D eigenvalue weighted by Gasteiger charge is -2.21. The molecular weight excluding hydrogens is 264 g/mol. The van der Waals surface area contributed by atoms with E-state index in [1.165, 1.54) is 0 Å². The minimum atomic E-state index is 0.367. The Bertz CT molecular complexity index is 395. The van der Waals surface area contributed by atoms with Crippen molar-refractivity contribution in [3.63, 3.8) is 0 Å². The summed E-state index contributed by atoms with van der Waals surface area (Å²) in [5, 5.41) is 12.5. The third-order valence-corrected chi connectivity index (χ3v) is 3.67. The SMILES string of the molecule is CCC(C)C(C)Nc1cccc(Br)c1C#N. The highest BCUT2D eigenvalue weighted by Gasteiger charge is 2.12. The molecule has 2 nitrogen and oxygen atoms in total. The molecule has 0 aliphatic rings. The third-order valence-electron chi connectivity index (χ3n) is 3.01. The van der Waals surface area contributed by atoms with Gasteiger partial charge in [0.15, 0.2) is 0 Å². The van der Waals surface area contributed by atoms with Crippen molar-refractivity contribution in [2.75, 3.05) is 5.32 Å². The molecule has 2 atom stereocenters. The number of hydrogen-bond donors (Lipinski definition) is 1. The maximum atomic E-state index is 9.09. The number of anilines is 1. The summed E-state index contributed by atoms with van der Waals surface area (Å²) in [5.41, 5.74) is 1.59. The summed E-state index contributed by atoms with van der Waals surface area (Å²) in [6, 6.07) is 8.36. The van der Waals surface area contributed by atoms with Crippen LogP contribution in [0.2, 0.25) is 0 Å². The standard InChI is InChI=1S/C13H17BrN2/c1-4-9(2)10(3)16-13-7-5-6-12(14)11(13)8-15/h5-7,9-10,16H,4H2,1-3H3. The van der Waals surface area contributed by atoms with Crippen LogP contribution in [0.15, 0.2) is 22.7 Å². The van der Waals surface area contributed by atoms with Gasteiger partial charge in [-0.2, -0.15) is 5.26 Å². The van der Waals surface area contributed by atoms with Gasteiger partial charge in [0.05, 0.1) is 11.3 Å². The Morgan fingerprint density at radius 1 is 1.44 bits per heavy atom. The summed E-state index contributed by atoms with van der Waals surface area (Å²) in [5.74, 6) is 0.588. The Balaban J connectivity index is 2.90. The molecule has 1 aromatic rings. The van der Waals surface area contributed by atoms with Crippen LogP contribution in [0.25, 0.3) is 0 Å². The number of rotatable bonds is 4. The smallest absolute Gasteiger partial charge is 0.103 e. The molecule has 0 spiro atoms. The number of benzene rings is 1. The molecule has 16 heavy (non-hydrogen) atoms. The first-order chi connectivity index (χ1) is 7.60. The van der Waals surface area contributed by atoms with E-state index in [4.69, 9.17) is 5.26 Å². The Morgan fingerprint density at radius 2 is 2.12 bits per heavy atom.